The van der Waals surface area contributed by atoms with Gasteiger partial charge in [0.2, 0.25) is 0 Å². The van der Waals surface area contributed by atoms with E-state index >= 15 is 0 Å². The zero-order chi connectivity index (χ0) is 13.7. The molecule has 1 amide bonds. The Kier molecular flexibility index (Phi) is 4.18. The van der Waals surface area contributed by atoms with E-state index in [1.807, 2.05) is 30.3 Å². The van der Waals surface area contributed by atoms with Gasteiger partial charge in [-0.1, -0.05) is 30.3 Å². The normalized spacial score (nSPS) is 13.9. The lowest BCUT2D eigenvalue weighted by atomic mass is 10.2. The van der Waals surface area contributed by atoms with E-state index in [-0.39, 0.29) is 6.61 Å². The van der Waals surface area contributed by atoms with E-state index < -0.39 is 12.1 Å². The molecule has 0 aliphatic carbocycles. The molecule has 0 radical (unpaired) electrons. The van der Waals surface area contributed by atoms with E-state index in [4.69, 9.17) is 4.74 Å². The van der Waals surface area contributed by atoms with Gasteiger partial charge in [-0.15, -0.1) is 0 Å². The van der Waals surface area contributed by atoms with Crippen molar-refractivity contribution in [2.24, 2.45) is 0 Å². The van der Waals surface area contributed by atoms with Gasteiger partial charge < -0.3 is 9.47 Å². The number of benzene rings is 1. The Morgan fingerprint density at radius 1 is 1.26 bits per heavy atom. The van der Waals surface area contributed by atoms with Crippen LogP contribution in [0, 0.1) is 0 Å². The predicted molar refractivity (Wildman–Crippen MR) is 68.0 cm³/mol. The summed E-state index contributed by atoms with van der Waals surface area (Å²) in [5.41, 5.74) is 1.41. The van der Waals surface area contributed by atoms with Gasteiger partial charge in [0.1, 0.15) is 6.61 Å². The van der Waals surface area contributed by atoms with Crippen LogP contribution in [0.1, 0.15) is 12.0 Å². The molecule has 1 aromatic rings. The molecule has 5 nitrogen and oxygen atoms in total. The number of carbonyl (C=O) groups is 2. The first-order valence-electron chi connectivity index (χ1n) is 5.97. The molecule has 0 aromatic heterocycles. The van der Waals surface area contributed by atoms with E-state index in [2.05, 4.69) is 4.74 Å². The van der Waals surface area contributed by atoms with Gasteiger partial charge in [-0.05, 0) is 12.0 Å². The lowest BCUT2D eigenvalue weighted by molar-refractivity contribution is -0.136. The van der Waals surface area contributed by atoms with Crippen LogP contribution in [0.4, 0.5) is 4.79 Å². The molecule has 1 heterocycles. The minimum atomic E-state index is -0.456. The second-order valence-electron chi connectivity index (χ2n) is 4.13. The summed E-state index contributed by atoms with van der Waals surface area (Å²) < 4.78 is 9.77. The van der Waals surface area contributed by atoms with Gasteiger partial charge in [-0.25, -0.2) is 9.59 Å². The maximum Gasteiger partial charge on any atom is 0.414 e. The first-order chi connectivity index (χ1) is 9.20. The zero-order valence-electron chi connectivity index (χ0n) is 10.7. The molecule has 1 aliphatic heterocycles. The summed E-state index contributed by atoms with van der Waals surface area (Å²) >= 11 is 0. The Hall–Kier alpha value is -2.30. The third kappa shape index (κ3) is 3.34. The molecule has 1 aromatic carbocycles. The van der Waals surface area contributed by atoms with E-state index in [9.17, 15) is 9.59 Å². The molecule has 0 saturated carbocycles. The van der Waals surface area contributed by atoms with Crippen LogP contribution >= 0.6 is 0 Å². The number of carbonyl (C=O) groups excluding carboxylic acids is 2. The fourth-order valence-corrected chi connectivity index (χ4v) is 1.79. The quantitative estimate of drug-likeness (QED) is 0.782. The third-order valence-electron chi connectivity index (χ3n) is 2.82. The van der Waals surface area contributed by atoms with E-state index in [1.54, 1.807) is 0 Å². The number of methoxy groups -OCH3 is 1. The number of hydrogen-bond acceptors (Lipinski definition) is 4. The Morgan fingerprint density at radius 2 is 2.00 bits per heavy atom. The minimum Gasteiger partial charge on any atom is -0.466 e. The van der Waals surface area contributed by atoms with E-state index in [0.29, 0.717) is 18.5 Å². The van der Waals surface area contributed by atoms with Gasteiger partial charge in [0.05, 0.1) is 12.7 Å². The van der Waals surface area contributed by atoms with Crippen molar-refractivity contribution in [1.82, 2.24) is 4.90 Å². The average Bonchev–Trinajstić information content (AvgIpc) is 2.95. The molecule has 5 heteroatoms. The Labute approximate surface area is 111 Å². The van der Waals surface area contributed by atoms with Gasteiger partial charge in [-0.3, -0.25) is 4.90 Å². The van der Waals surface area contributed by atoms with Crippen LogP contribution in [0.2, 0.25) is 0 Å². The summed E-state index contributed by atoms with van der Waals surface area (Å²) in [7, 11) is 1.32. The molecule has 0 N–H and O–H groups in total. The van der Waals surface area contributed by atoms with Crippen LogP contribution in [0.15, 0.2) is 42.1 Å². The smallest absolute Gasteiger partial charge is 0.414 e. The summed E-state index contributed by atoms with van der Waals surface area (Å²) in [6.45, 7) is 0.662. The standard InChI is InChI=1S/C14H15NO4/c1-18-13(16)12-7-8-15(9-12)14(17)19-10-11-5-3-2-4-6-11/h2-6,9H,7-8,10H2,1H3. The molecule has 100 valence electrons. The number of ether oxygens (including phenoxy) is 2. The van der Waals surface area contributed by atoms with Gasteiger partial charge in [0.15, 0.2) is 0 Å². The first-order valence-corrected chi connectivity index (χ1v) is 5.97. The third-order valence-corrected chi connectivity index (χ3v) is 2.82. The second-order valence-corrected chi connectivity index (χ2v) is 4.13. The Balaban J connectivity index is 1.88. The summed E-state index contributed by atoms with van der Waals surface area (Å²) in [6.07, 6.45) is 1.52. The summed E-state index contributed by atoms with van der Waals surface area (Å²) in [6, 6.07) is 9.43. The molecule has 0 unspecified atom stereocenters. The van der Waals surface area contributed by atoms with Crippen molar-refractivity contribution in [2.75, 3.05) is 13.7 Å². The summed E-state index contributed by atoms with van der Waals surface area (Å²) in [5.74, 6) is -0.404. The SMILES string of the molecule is COC(=O)C1=CN(C(=O)OCc2ccccc2)CC1. The van der Waals surface area contributed by atoms with Crippen molar-refractivity contribution in [1.29, 1.82) is 0 Å². The molecule has 0 bridgehead atoms. The lowest BCUT2D eigenvalue weighted by Crippen LogP contribution is -2.24. The van der Waals surface area contributed by atoms with Crippen LogP contribution < -0.4 is 0 Å². The highest BCUT2D eigenvalue weighted by molar-refractivity contribution is 5.89. The van der Waals surface area contributed by atoms with E-state index in [1.165, 1.54) is 18.2 Å². The van der Waals surface area contributed by atoms with Crippen molar-refractivity contribution in [3.63, 3.8) is 0 Å². The zero-order valence-corrected chi connectivity index (χ0v) is 10.7. The highest BCUT2D eigenvalue weighted by Gasteiger charge is 2.24. The Bertz CT molecular complexity index is 495. The maximum atomic E-state index is 11.8. The van der Waals surface area contributed by atoms with Crippen LogP contribution in [-0.4, -0.2) is 30.6 Å². The van der Waals surface area contributed by atoms with Crippen LogP contribution in [-0.2, 0) is 20.9 Å². The molecular formula is C14H15NO4. The van der Waals surface area contributed by atoms with Gasteiger partial charge >= 0.3 is 12.1 Å². The minimum absolute atomic E-state index is 0.220. The highest BCUT2D eigenvalue weighted by atomic mass is 16.6. The van der Waals surface area contributed by atoms with Crippen molar-refractivity contribution in [3.8, 4) is 0 Å². The van der Waals surface area contributed by atoms with Crippen molar-refractivity contribution in [2.45, 2.75) is 13.0 Å². The van der Waals surface area contributed by atoms with Gasteiger partial charge in [-0.2, -0.15) is 0 Å². The van der Waals surface area contributed by atoms with Crippen LogP contribution in [0.5, 0.6) is 0 Å². The number of rotatable bonds is 3. The predicted octanol–water partition coefficient (Wildman–Crippen LogP) is 2.09. The van der Waals surface area contributed by atoms with E-state index in [0.717, 1.165) is 5.56 Å². The molecule has 19 heavy (non-hydrogen) atoms. The fraction of sp³-hybridized carbons (Fsp3) is 0.286. The van der Waals surface area contributed by atoms with Crippen molar-refractivity contribution in [3.05, 3.63) is 47.7 Å². The molecule has 2 rings (SSSR count). The lowest BCUT2D eigenvalue weighted by Gasteiger charge is -2.13. The largest absolute Gasteiger partial charge is 0.466 e. The number of hydrogen-bond donors (Lipinski definition) is 0. The molecule has 0 fully saturated rings. The summed E-state index contributed by atoms with van der Waals surface area (Å²) in [4.78, 5) is 24.5. The molecular weight excluding hydrogens is 246 g/mol. The van der Waals surface area contributed by atoms with Crippen molar-refractivity contribution < 1.29 is 19.1 Å². The van der Waals surface area contributed by atoms with Gasteiger partial charge in [0, 0.05) is 12.7 Å². The number of nitrogens with zero attached hydrogens (tertiary/aromatic N) is 1. The molecule has 1 aliphatic rings. The monoisotopic (exact) mass is 261 g/mol. The number of esters is 1. The fourth-order valence-electron chi connectivity index (χ4n) is 1.79. The maximum absolute atomic E-state index is 11.8. The molecule has 0 spiro atoms. The average molecular weight is 261 g/mol. The topological polar surface area (TPSA) is 55.8 Å². The first kappa shape index (κ1) is 13.1. The number of amides is 1. The van der Waals surface area contributed by atoms with Crippen molar-refractivity contribution >= 4 is 12.1 Å². The second kappa shape index (κ2) is 6.04. The van der Waals surface area contributed by atoms with Crippen LogP contribution in [0.3, 0.4) is 0 Å². The molecule has 0 atom stereocenters. The Morgan fingerprint density at radius 3 is 2.68 bits per heavy atom. The highest BCUT2D eigenvalue weighted by Crippen LogP contribution is 2.16. The van der Waals surface area contributed by atoms with Gasteiger partial charge in [0.25, 0.3) is 0 Å². The summed E-state index contributed by atoms with van der Waals surface area (Å²) in [5, 5.41) is 0. The molecule has 0 saturated heterocycles. The van der Waals surface area contributed by atoms with Crippen LogP contribution in [0.25, 0.3) is 0 Å².